The van der Waals surface area contributed by atoms with Crippen LogP contribution in [0.3, 0.4) is 0 Å². The molecule has 0 aliphatic heterocycles. The summed E-state index contributed by atoms with van der Waals surface area (Å²) in [6.07, 6.45) is 3.53. The van der Waals surface area contributed by atoms with Crippen LogP contribution in [-0.2, 0) is 0 Å². The highest BCUT2D eigenvalue weighted by molar-refractivity contribution is 6.28. The van der Waals surface area contributed by atoms with E-state index in [1.807, 2.05) is 43.3 Å². The van der Waals surface area contributed by atoms with Crippen molar-refractivity contribution in [2.45, 2.75) is 6.92 Å². The van der Waals surface area contributed by atoms with Gasteiger partial charge in [0.05, 0.1) is 0 Å². The molecule has 0 saturated heterocycles. The first-order chi connectivity index (χ1) is 9.20. The maximum absolute atomic E-state index is 5.95. The maximum atomic E-state index is 5.95. The summed E-state index contributed by atoms with van der Waals surface area (Å²) in [5, 5.41) is 0.180. The number of benzene rings is 1. The first-order valence-corrected chi connectivity index (χ1v) is 6.08. The van der Waals surface area contributed by atoms with Gasteiger partial charge in [0.2, 0.25) is 5.28 Å². The molecule has 19 heavy (non-hydrogen) atoms. The summed E-state index contributed by atoms with van der Waals surface area (Å²) < 4.78 is 0. The Kier molecular flexibility index (Phi) is 4.24. The molecule has 0 unspecified atom stereocenters. The lowest BCUT2D eigenvalue weighted by Gasteiger charge is -2.04. The van der Waals surface area contributed by atoms with E-state index in [4.69, 9.17) is 11.6 Å². The topological polar surface area (TPSA) is 38.7 Å². The van der Waals surface area contributed by atoms with Gasteiger partial charge >= 0.3 is 0 Å². The molecule has 0 N–H and O–H groups in total. The van der Waals surface area contributed by atoms with E-state index in [0.717, 1.165) is 11.1 Å². The molecule has 0 aliphatic rings. The lowest BCUT2D eigenvalue weighted by atomic mass is 10.2. The van der Waals surface area contributed by atoms with Crippen molar-refractivity contribution in [3.8, 4) is 11.4 Å². The van der Waals surface area contributed by atoms with E-state index in [2.05, 4.69) is 27.3 Å². The van der Waals surface area contributed by atoms with Gasteiger partial charge in [-0.2, -0.15) is 9.97 Å². The summed E-state index contributed by atoms with van der Waals surface area (Å²) in [6, 6.07) is 9.65. The molecule has 0 radical (unpaired) electrons. The van der Waals surface area contributed by atoms with E-state index in [-0.39, 0.29) is 5.28 Å². The maximum Gasteiger partial charge on any atom is 0.226 e. The molecule has 0 aliphatic carbocycles. The monoisotopic (exact) mass is 269 g/mol. The fraction of sp³-hybridized carbons (Fsp3) is 0.0667. The normalized spacial score (nSPS) is 10.9. The highest BCUT2D eigenvalue weighted by Gasteiger charge is 2.07. The predicted molar refractivity (Wildman–Crippen MR) is 77.6 cm³/mol. The molecule has 4 heteroatoms. The molecule has 0 fully saturated rings. The van der Waals surface area contributed by atoms with Crippen molar-refractivity contribution in [2.24, 2.45) is 0 Å². The lowest BCUT2D eigenvalue weighted by Crippen LogP contribution is -1.99. The highest BCUT2D eigenvalue weighted by atomic mass is 35.5. The van der Waals surface area contributed by atoms with Gasteiger partial charge in [-0.05, 0) is 36.2 Å². The van der Waals surface area contributed by atoms with Gasteiger partial charge in [-0.3, -0.25) is 0 Å². The molecule has 0 amide bonds. The van der Waals surface area contributed by atoms with Crippen LogP contribution in [0.2, 0.25) is 5.28 Å². The van der Waals surface area contributed by atoms with Crippen molar-refractivity contribution in [2.75, 3.05) is 0 Å². The molecule has 1 aromatic carbocycles. The largest absolute Gasteiger partial charge is 0.226 e. The SMILES string of the molecule is C=C=C/C=C(\C)c1nc(Cl)nc(-c2ccccc2)n1. The Balaban J connectivity index is 2.49. The Labute approximate surface area is 117 Å². The third-order valence-corrected chi connectivity index (χ3v) is 2.61. The second-order valence-corrected chi connectivity index (χ2v) is 4.18. The number of nitrogens with zero attached hydrogens (tertiary/aromatic N) is 3. The Morgan fingerprint density at radius 1 is 1.21 bits per heavy atom. The first kappa shape index (κ1) is 13.2. The zero-order valence-electron chi connectivity index (χ0n) is 10.5. The van der Waals surface area contributed by atoms with Crippen molar-refractivity contribution in [3.63, 3.8) is 0 Å². The summed E-state index contributed by atoms with van der Waals surface area (Å²) in [6.45, 7) is 5.40. The minimum absolute atomic E-state index is 0.180. The fourth-order valence-electron chi connectivity index (χ4n) is 1.50. The van der Waals surface area contributed by atoms with Gasteiger partial charge in [0.25, 0.3) is 0 Å². The van der Waals surface area contributed by atoms with E-state index in [1.54, 1.807) is 6.08 Å². The zero-order chi connectivity index (χ0) is 13.7. The van der Waals surface area contributed by atoms with Crippen LogP contribution < -0.4 is 0 Å². The molecular weight excluding hydrogens is 258 g/mol. The van der Waals surface area contributed by atoms with Crippen LogP contribution in [0.25, 0.3) is 17.0 Å². The number of rotatable bonds is 3. The van der Waals surface area contributed by atoms with E-state index in [0.29, 0.717) is 11.6 Å². The van der Waals surface area contributed by atoms with Gasteiger partial charge in [-0.1, -0.05) is 36.9 Å². The van der Waals surface area contributed by atoms with Crippen molar-refractivity contribution >= 4 is 17.2 Å². The van der Waals surface area contributed by atoms with Gasteiger partial charge in [0.15, 0.2) is 11.6 Å². The van der Waals surface area contributed by atoms with Crippen molar-refractivity contribution in [3.05, 3.63) is 65.9 Å². The van der Waals surface area contributed by atoms with E-state index in [9.17, 15) is 0 Å². The minimum Gasteiger partial charge on any atom is -0.208 e. The molecule has 0 saturated carbocycles. The zero-order valence-corrected chi connectivity index (χ0v) is 11.2. The molecule has 3 nitrogen and oxygen atoms in total. The predicted octanol–water partition coefficient (Wildman–Crippen LogP) is 3.94. The second-order valence-electron chi connectivity index (χ2n) is 3.84. The summed E-state index contributed by atoms with van der Waals surface area (Å²) in [5.41, 5.74) is 4.45. The third kappa shape index (κ3) is 3.38. The number of hydrogen-bond donors (Lipinski definition) is 0. The van der Waals surface area contributed by atoms with Gasteiger partial charge in [-0.15, -0.1) is 5.73 Å². The van der Waals surface area contributed by atoms with E-state index in [1.165, 1.54) is 0 Å². The molecule has 2 aromatic rings. The van der Waals surface area contributed by atoms with Crippen molar-refractivity contribution in [1.29, 1.82) is 0 Å². The van der Waals surface area contributed by atoms with Crippen LogP contribution in [0.15, 0.2) is 54.8 Å². The summed E-state index contributed by atoms with van der Waals surface area (Å²) in [4.78, 5) is 12.7. The smallest absolute Gasteiger partial charge is 0.208 e. The molecule has 1 heterocycles. The van der Waals surface area contributed by atoms with Crippen LogP contribution in [0.1, 0.15) is 12.7 Å². The molecular formula is C15H12ClN3. The van der Waals surface area contributed by atoms with Crippen LogP contribution in [-0.4, -0.2) is 15.0 Å². The Bertz CT molecular complexity index is 656. The minimum atomic E-state index is 0.180. The van der Waals surface area contributed by atoms with Crippen LogP contribution in [0, 0.1) is 0 Å². The number of hydrogen-bond acceptors (Lipinski definition) is 3. The number of halogens is 1. The van der Waals surface area contributed by atoms with E-state index >= 15 is 0 Å². The lowest BCUT2D eigenvalue weighted by molar-refractivity contribution is 1.02. The third-order valence-electron chi connectivity index (χ3n) is 2.44. The van der Waals surface area contributed by atoms with Gasteiger partial charge in [0.1, 0.15) is 0 Å². The number of allylic oxidation sites excluding steroid dienone is 3. The van der Waals surface area contributed by atoms with Gasteiger partial charge in [0, 0.05) is 5.56 Å². The average molecular weight is 270 g/mol. The molecule has 0 bridgehead atoms. The summed E-state index contributed by atoms with van der Waals surface area (Å²) >= 11 is 5.95. The van der Waals surface area contributed by atoms with Crippen molar-refractivity contribution in [1.82, 2.24) is 15.0 Å². The Morgan fingerprint density at radius 2 is 1.95 bits per heavy atom. The highest BCUT2D eigenvalue weighted by Crippen LogP contribution is 2.18. The number of aromatic nitrogens is 3. The Morgan fingerprint density at radius 3 is 2.63 bits per heavy atom. The average Bonchev–Trinajstić information content (AvgIpc) is 2.45. The quantitative estimate of drug-likeness (QED) is 0.626. The molecule has 94 valence electrons. The van der Waals surface area contributed by atoms with E-state index < -0.39 is 0 Å². The molecule has 0 atom stereocenters. The van der Waals surface area contributed by atoms with Crippen molar-refractivity contribution < 1.29 is 0 Å². The molecule has 2 rings (SSSR count). The van der Waals surface area contributed by atoms with Crippen LogP contribution in [0.5, 0.6) is 0 Å². The van der Waals surface area contributed by atoms with Gasteiger partial charge in [-0.25, -0.2) is 4.98 Å². The van der Waals surface area contributed by atoms with Gasteiger partial charge < -0.3 is 0 Å². The molecule has 0 spiro atoms. The standard InChI is InChI=1S/C15H12ClN3/c1-3-4-8-11(2)13-17-14(19-15(16)18-13)12-9-6-5-7-10-12/h4-10H,1H2,2H3/b11-8+. The summed E-state index contributed by atoms with van der Waals surface area (Å²) in [5.74, 6) is 1.11. The molecule has 1 aromatic heterocycles. The van der Waals surface area contributed by atoms with Crippen LogP contribution in [0.4, 0.5) is 0 Å². The second kappa shape index (κ2) is 6.10. The first-order valence-electron chi connectivity index (χ1n) is 5.71. The fourth-order valence-corrected chi connectivity index (χ4v) is 1.66. The summed E-state index contributed by atoms with van der Waals surface area (Å²) in [7, 11) is 0. The Hall–Kier alpha value is -2.22. The van der Waals surface area contributed by atoms with Crippen LogP contribution >= 0.6 is 11.6 Å².